The summed E-state index contributed by atoms with van der Waals surface area (Å²) in [5, 5.41) is 14.6. The molecule has 2 heterocycles. The lowest BCUT2D eigenvalue weighted by Gasteiger charge is -2.34. The van der Waals surface area contributed by atoms with Crippen molar-refractivity contribution in [2.75, 3.05) is 13.1 Å². The number of rotatable bonds is 4. The Morgan fingerprint density at radius 1 is 1.23 bits per heavy atom. The van der Waals surface area contributed by atoms with Crippen LogP contribution in [0.2, 0.25) is 0 Å². The Hall–Kier alpha value is -1.65. The van der Waals surface area contributed by atoms with Gasteiger partial charge in [0, 0.05) is 12.1 Å². The molecule has 0 saturated carbocycles. The first kappa shape index (κ1) is 15.3. The van der Waals surface area contributed by atoms with Crippen molar-refractivity contribution in [2.45, 2.75) is 39.3 Å². The van der Waals surface area contributed by atoms with Crippen molar-refractivity contribution >= 4 is 0 Å². The standard InChI is InChI=1S/C18H24N2O2/c1-13-17(14(2)22-19-13)12-20-10-8-16(9-11-20)18(21)15-6-4-3-5-7-15/h3-7,16,18,21H,8-12H2,1-2H3. The van der Waals surface area contributed by atoms with Gasteiger partial charge in [0.1, 0.15) is 5.76 Å². The van der Waals surface area contributed by atoms with Gasteiger partial charge in [0.25, 0.3) is 0 Å². The molecule has 1 aliphatic rings. The van der Waals surface area contributed by atoms with Crippen molar-refractivity contribution in [3.8, 4) is 0 Å². The summed E-state index contributed by atoms with van der Waals surface area (Å²) in [4.78, 5) is 2.43. The molecule has 118 valence electrons. The quantitative estimate of drug-likeness (QED) is 0.942. The molecule has 0 radical (unpaired) electrons. The highest BCUT2D eigenvalue weighted by molar-refractivity contribution is 5.21. The third-order valence-corrected chi connectivity index (χ3v) is 4.78. The first-order chi connectivity index (χ1) is 10.6. The van der Waals surface area contributed by atoms with Gasteiger partial charge in [-0.2, -0.15) is 0 Å². The minimum atomic E-state index is -0.345. The van der Waals surface area contributed by atoms with Gasteiger partial charge in [0.2, 0.25) is 0 Å². The minimum Gasteiger partial charge on any atom is -0.388 e. The largest absolute Gasteiger partial charge is 0.388 e. The molecule has 0 amide bonds. The molecule has 1 saturated heterocycles. The maximum absolute atomic E-state index is 10.5. The molecule has 4 nitrogen and oxygen atoms in total. The Kier molecular flexibility index (Phi) is 4.60. The Balaban J connectivity index is 1.56. The molecule has 1 unspecified atom stereocenters. The molecule has 3 rings (SSSR count). The average Bonchev–Trinajstić information content (AvgIpc) is 2.88. The smallest absolute Gasteiger partial charge is 0.138 e. The molecule has 4 heteroatoms. The van der Waals surface area contributed by atoms with Crippen molar-refractivity contribution < 1.29 is 9.63 Å². The van der Waals surface area contributed by atoms with Crippen molar-refractivity contribution in [2.24, 2.45) is 5.92 Å². The SMILES string of the molecule is Cc1noc(C)c1CN1CCC(C(O)c2ccccc2)CC1. The monoisotopic (exact) mass is 300 g/mol. The van der Waals surface area contributed by atoms with Gasteiger partial charge in [-0.15, -0.1) is 0 Å². The number of aryl methyl sites for hydroxylation is 2. The summed E-state index contributed by atoms with van der Waals surface area (Å²) in [6.45, 7) is 6.89. The van der Waals surface area contributed by atoms with Gasteiger partial charge in [-0.3, -0.25) is 4.90 Å². The fourth-order valence-corrected chi connectivity index (χ4v) is 3.30. The first-order valence-corrected chi connectivity index (χ1v) is 8.02. The van der Waals surface area contributed by atoms with E-state index in [9.17, 15) is 5.11 Å². The van der Waals surface area contributed by atoms with Crippen LogP contribution < -0.4 is 0 Å². The molecule has 1 aliphatic heterocycles. The summed E-state index contributed by atoms with van der Waals surface area (Å²) in [6.07, 6.45) is 1.71. The normalized spacial score (nSPS) is 18.5. The van der Waals surface area contributed by atoms with Crippen LogP contribution >= 0.6 is 0 Å². The number of piperidine rings is 1. The van der Waals surface area contributed by atoms with Gasteiger partial charge < -0.3 is 9.63 Å². The van der Waals surface area contributed by atoms with E-state index in [-0.39, 0.29) is 6.10 Å². The zero-order valence-corrected chi connectivity index (χ0v) is 13.3. The average molecular weight is 300 g/mol. The molecule has 1 N–H and O–H groups in total. The Morgan fingerprint density at radius 2 is 1.91 bits per heavy atom. The Labute approximate surface area is 131 Å². The number of aliphatic hydroxyl groups excluding tert-OH is 1. The number of hydrogen-bond donors (Lipinski definition) is 1. The van der Waals surface area contributed by atoms with Crippen LogP contribution in [0.1, 0.15) is 41.5 Å². The molecule has 0 bridgehead atoms. The summed E-state index contributed by atoms with van der Waals surface area (Å²) in [7, 11) is 0. The van der Waals surface area contributed by atoms with Crippen LogP contribution in [0.15, 0.2) is 34.9 Å². The van der Waals surface area contributed by atoms with E-state index >= 15 is 0 Å². The van der Waals surface area contributed by atoms with Crippen LogP contribution in [0, 0.1) is 19.8 Å². The number of aliphatic hydroxyl groups is 1. The minimum absolute atomic E-state index is 0.345. The fourth-order valence-electron chi connectivity index (χ4n) is 3.30. The molecular weight excluding hydrogens is 276 g/mol. The van der Waals surface area contributed by atoms with Crippen LogP contribution in [-0.4, -0.2) is 28.3 Å². The van der Waals surface area contributed by atoms with Crippen molar-refractivity contribution in [3.05, 3.63) is 52.9 Å². The van der Waals surface area contributed by atoms with E-state index in [0.29, 0.717) is 5.92 Å². The van der Waals surface area contributed by atoms with Crippen LogP contribution in [-0.2, 0) is 6.54 Å². The highest BCUT2D eigenvalue weighted by atomic mass is 16.5. The van der Waals surface area contributed by atoms with Gasteiger partial charge in [0.15, 0.2) is 0 Å². The van der Waals surface area contributed by atoms with Crippen molar-refractivity contribution in [3.63, 3.8) is 0 Å². The lowest BCUT2D eigenvalue weighted by molar-refractivity contribution is 0.0566. The molecule has 1 fully saturated rings. The summed E-state index contributed by atoms with van der Waals surface area (Å²) < 4.78 is 5.24. The first-order valence-electron chi connectivity index (χ1n) is 8.02. The maximum Gasteiger partial charge on any atom is 0.138 e. The molecule has 1 aromatic carbocycles. The van der Waals surface area contributed by atoms with Crippen molar-refractivity contribution in [1.82, 2.24) is 10.1 Å². The number of aromatic nitrogens is 1. The number of benzene rings is 1. The summed E-state index contributed by atoms with van der Waals surface area (Å²) in [5.41, 5.74) is 3.23. The van der Waals surface area contributed by atoms with E-state index in [4.69, 9.17) is 4.52 Å². The number of nitrogens with zero attached hydrogens (tertiary/aromatic N) is 2. The lowest BCUT2D eigenvalue weighted by atomic mass is 9.87. The van der Waals surface area contributed by atoms with Gasteiger partial charge in [-0.05, 0) is 51.3 Å². The van der Waals surface area contributed by atoms with Crippen LogP contribution in [0.3, 0.4) is 0 Å². The molecule has 0 aliphatic carbocycles. The summed E-state index contributed by atoms with van der Waals surface area (Å²) in [5.74, 6) is 1.27. The second-order valence-corrected chi connectivity index (χ2v) is 6.27. The van der Waals surface area contributed by atoms with Crippen molar-refractivity contribution in [1.29, 1.82) is 0 Å². The number of hydrogen-bond acceptors (Lipinski definition) is 4. The molecule has 1 aromatic heterocycles. The molecule has 2 aromatic rings. The van der Waals surface area contributed by atoms with Gasteiger partial charge in [-0.1, -0.05) is 35.5 Å². The highest BCUT2D eigenvalue weighted by Gasteiger charge is 2.27. The van der Waals surface area contributed by atoms with Crippen LogP contribution in [0.4, 0.5) is 0 Å². The second-order valence-electron chi connectivity index (χ2n) is 6.27. The molecular formula is C18H24N2O2. The molecule has 1 atom stereocenters. The van der Waals surface area contributed by atoms with E-state index in [1.54, 1.807) is 0 Å². The topological polar surface area (TPSA) is 49.5 Å². The van der Waals surface area contributed by atoms with Gasteiger partial charge >= 0.3 is 0 Å². The Bertz CT molecular complexity index is 581. The zero-order valence-electron chi connectivity index (χ0n) is 13.3. The van der Waals surface area contributed by atoms with Crippen LogP contribution in [0.25, 0.3) is 0 Å². The van der Waals surface area contributed by atoms with Gasteiger partial charge in [0.05, 0.1) is 11.8 Å². The zero-order chi connectivity index (χ0) is 15.5. The highest BCUT2D eigenvalue weighted by Crippen LogP contribution is 2.31. The predicted molar refractivity (Wildman–Crippen MR) is 85.4 cm³/mol. The third-order valence-electron chi connectivity index (χ3n) is 4.78. The second kappa shape index (κ2) is 6.63. The molecule has 22 heavy (non-hydrogen) atoms. The summed E-state index contributed by atoms with van der Waals surface area (Å²) >= 11 is 0. The fraction of sp³-hybridized carbons (Fsp3) is 0.500. The maximum atomic E-state index is 10.5. The van der Waals surface area contributed by atoms with E-state index in [2.05, 4.69) is 10.1 Å². The lowest BCUT2D eigenvalue weighted by Crippen LogP contribution is -2.35. The predicted octanol–water partition coefficient (Wildman–Crippen LogP) is 3.24. The van der Waals surface area contributed by atoms with E-state index < -0.39 is 0 Å². The van der Waals surface area contributed by atoms with E-state index in [0.717, 1.165) is 49.5 Å². The van der Waals surface area contributed by atoms with Crippen LogP contribution in [0.5, 0.6) is 0 Å². The molecule has 0 spiro atoms. The number of likely N-dealkylation sites (tertiary alicyclic amines) is 1. The Morgan fingerprint density at radius 3 is 2.50 bits per heavy atom. The van der Waals surface area contributed by atoms with E-state index in [1.165, 1.54) is 5.56 Å². The van der Waals surface area contributed by atoms with Gasteiger partial charge in [-0.25, -0.2) is 0 Å². The third kappa shape index (κ3) is 3.23. The van der Waals surface area contributed by atoms with E-state index in [1.807, 2.05) is 44.2 Å². The summed E-state index contributed by atoms with van der Waals surface area (Å²) in [6, 6.07) is 10.0.